The number of aromatic nitrogens is 4. The molecule has 8 aromatic rings. The molecule has 196 valence electrons. The molecule has 4 nitrogen and oxygen atoms in total. The van der Waals surface area contributed by atoms with E-state index in [2.05, 4.69) is 72.8 Å². The molecule has 0 spiro atoms. The van der Waals surface area contributed by atoms with Crippen molar-refractivity contribution in [2.24, 2.45) is 0 Å². The van der Waals surface area contributed by atoms with Gasteiger partial charge in [-0.1, -0.05) is 97.1 Å². The van der Waals surface area contributed by atoms with E-state index in [1.54, 1.807) is 0 Å². The average molecular weight is 537 g/mol. The van der Waals surface area contributed by atoms with E-state index >= 15 is 0 Å². The summed E-state index contributed by atoms with van der Waals surface area (Å²) >= 11 is 0. The third kappa shape index (κ3) is 4.27. The summed E-state index contributed by atoms with van der Waals surface area (Å²) in [6.07, 6.45) is 0. The highest BCUT2D eigenvalue weighted by Crippen LogP contribution is 2.36. The molecule has 4 heteroatoms. The topological polar surface area (TPSA) is 51.6 Å². The molecule has 0 N–H and O–H groups in total. The minimum Gasteiger partial charge on any atom is -0.248 e. The zero-order chi connectivity index (χ0) is 27.9. The van der Waals surface area contributed by atoms with E-state index in [4.69, 9.17) is 19.9 Å². The van der Waals surface area contributed by atoms with E-state index in [0.29, 0.717) is 0 Å². The van der Waals surface area contributed by atoms with Crippen LogP contribution in [-0.4, -0.2) is 19.9 Å². The van der Waals surface area contributed by atoms with Crippen LogP contribution in [0.2, 0.25) is 0 Å². The predicted octanol–water partition coefficient (Wildman–Crippen LogP) is 8.89. The van der Waals surface area contributed by atoms with Crippen LogP contribution in [0.1, 0.15) is 22.8 Å². The lowest BCUT2D eigenvalue weighted by atomic mass is 9.93. The van der Waals surface area contributed by atoms with Crippen LogP contribution in [0.5, 0.6) is 0 Å². The lowest BCUT2D eigenvalue weighted by Crippen LogP contribution is -2.04. The zero-order valence-corrected chi connectivity index (χ0v) is 22.6. The molecule has 4 heterocycles. The Kier molecular flexibility index (Phi) is 5.75. The molecule has 0 saturated heterocycles. The number of nitrogens with zero attached hydrogens (tertiary/aromatic N) is 4. The molecule has 0 aliphatic rings. The third-order valence-corrected chi connectivity index (χ3v) is 7.67. The first kappa shape index (κ1) is 24.1. The second kappa shape index (κ2) is 10.0. The molecule has 4 aromatic carbocycles. The second-order valence-corrected chi connectivity index (χ2v) is 10.3. The van der Waals surface area contributed by atoms with Gasteiger partial charge >= 0.3 is 0 Å². The van der Waals surface area contributed by atoms with Gasteiger partial charge in [-0.05, 0) is 48.5 Å². The number of benzene rings is 4. The SMILES string of the molecule is c1ccc2nc(C(=C(c3ccc4ccccc4n3)c3ccc4ccccc4n3)c3ccc4ccccc4n3)ccc2c1. The zero-order valence-electron chi connectivity index (χ0n) is 22.6. The summed E-state index contributed by atoms with van der Waals surface area (Å²) in [7, 11) is 0. The van der Waals surface area contributed by atoms with Gasteiger partial charge in [0.25, 0.3) is 0 Å². The normalized spacial score (nSPS) is 11.3. The van der Waals surface area contributed by atoms with Gasteiger partial charge < -0.3 is 0 Å². The molecule has 4 aromatic heterocycles. The summed E-state index contributed by atoms with van der Waals surface area (Å²) in [5.41, 5.74) is 8.72. The molecule has 0 atom stereocenters. The number of para-hydroxylation sites is 4. The Bertz CT molecular complexity index is 1990. The quantitative estimate of drug-likeness (QED) is 0.225. The van der Waals surface area contributed by atoms with Crippen LogP contribution in [0, 0.1) is 0 Å². The summed E-state index contributed by atoms with van der Waals surface area (Å²) in [5, 5.41) is 4.34. The monoisotopic (exact) mass is 536 g/mol. The Labute approximate surface area is 242 Å². The fraction of sp³-hybridized carbons (Fsp3) is 0. The minimum absolute atomic E-state index is 0.816. The maximum Gasteiger partial charge on any atom is 0.0739 e. The van der Waals surface area contributed by atoms with Crippen molar-refractivity contribution in [2.75, 3.05) is 0 Å². The first-order valence-corrected chi connectivity index (χ1v) is 14.0. The highest BCUT2D eigenvalue weighted by molar-refractivity contribution is 6.04. The third-order valence-electron chi connectivity index (χ3n) is 7.67. The number of rotatable bonds is 4. The Morgan fingerprint density at radius 2 is 0.500 bits per heavy atom. The minimum atomic E-state index is 0.816. The van der Waals surface area contributed by atoms with E-state index in [9.17, 15) is 0 Å². The maximum absolute atomic E-state index is 5.18. The van der Waals surface area contributed by atoms with Gasteiger partial charge in [0.15, 0.2) is 0 Å². The van der Waals surface area contributed by atoms with Crippen molar-refractivity contribution >= 4 is 54.8 Å². The Morgan fingerprint density at radius 1 is 0.262 bits per heavy atom. The molecule has 0 amide bonds. The molecule has 0 bridgehead atoms. The van der Waals surface area contributed by atoms with Gasteiger partial charge in [0.05, 0.1) is 44.8 Å². The Hall–Kier alpha value is -5.74. The van der Waals surface area contributed by atoms with E-state index in [1.807, 2.05) is 72.8 Å². The van der Waals surface area contributed by atoms with Gasteiger partial charge in [-0.15, -0.1) is 0 Å². The number of pyridine rings is 4. The first-order chi connectivity index (χ1) is 20.8. The standard InChI is InChI=1S/C38H24N4/c1-5-13-29-25(9-1)17-21-33(39-29)37(34-22-18-26-10-2-6-14-30(26)40-34)38(35-23-19-27-11-3-7-15-31(27)41-35)36-24-20-28-12-4-8-16-32(28)42-36/h1-24H. The highest BCUT2D eigenvalue weighted by Gasteiger charge is 2.22. The van der Waals surface area contributed by atoms with Gasteiger partial charge in [-0.25, -0.2) is 19.9 Å². The molecule has 0 saturated carbocycles. The van der Waals surface area contributed by atoms with Crippen molar-refractivity contribution < 1.29 is 0 Å². The van der Waals surface area contributed by atoms with Crippen LogP contribution < -0.4 is 0 Å². The number of hydrogen-bond acceptors (Lipinski definition) is 4. The van der Waals surface area contributed by atoms with Crippen LogP contribution >= 0.6 is 0 Å². The van der Waals surface area contributed by atoms with Crippen molar-refractivity contribution in [3.05, 3.63) is 168 Å². The molecular formula is C38H24N4. The first-order valence-electron chi connectivity index (χ1n) is 14.0. The summed E-state index contributed by atoms with van der Waals surface area (Å²) in [4.78, 5) is 20.7. The van der Waals surface area contributed by atoms with Crippen molar-refractivity contribution in [1.82, 2.24) is 19.9 Å². The van der Waals surface area contributed by atoms with Gasteiger partial charge in [0.1, 0.15) is 0 Å². The van der Waals surface area contributed by atoms with Crippen LogP contribution in [0.25, 0.3) is 54.8 Å². The molecule has 0 radical (unpaired) electrons. The molecule has 0 aliphatic carbocycles. The summed E-state index contributed by atoms with van der Waals surface area (Å²) < 4.78 is 0. The molecule has 42 heavy (non-hydrogen) atoms. The van der Waals surface area contributed by atoms with E-state index in [-0.39, 0.29) is 0 Å². The van der Waals surface area contributed by atoms with Crippen molar-refractivity contribution in [2.45, 2.75) is 0 Å². The molecular weight excluding hydrogens is 512 g/mol. The Morgan fingerprint density at radius 3 is 0.762 bits per heavy atom. The van der Waals surface area contributed by atoms with Crippen molar-refractivity contribution in [3.8, 4) is 0 Å². The average Bonchev–Trinajstić information content (AvgIpc) is 3.06. The van der Waals surface area contributed by atoms with E-state index in [1.165, 1.54) is 0 Å². The van der Waals surface area contributed by atoms with Crippen LogP contribution in [0.4, 0.5) is 0 Å². The second-order valence-electron chi connectivity index (χ2n) is 10.3. The molecule has 0 unspecified atom stereocenters. The smallest absolute Gasteiger partial charge is 0.0739 e. The van der Waals surface area contributed by atoms with E-state index in [0.717, 1.165) is 77.5 Å². The maximum atomic E-state index is 5.18. The molecule has 8 rings (SSSR count). The lowest BCUT2D eigenvalue weighted by Gasteiger charge is -2.17. The van der Waals surface area contributed by atoms with Crippen LogP contribution in [-0.2, 0) is 0 Å². The summed E-state index contributed by atoms with van der Waals surface area (Å²) in [6, 6.07) is 49.6. The molecule has 0 aliphatic heterocycles. The fourth-order valence-corrected chi connectivity index (χ4v) is 5.60. The van der Waals surface area contributed by atoms with Crippen molar-refractivity contribution in [3.63, 3.8) is 0 Å². The van der Waals surface area contributed by atoms with E-state index < -0.39 is 0 Å². The highest BCUT2D eigenvalue weighted by atomic mass is 14.8. The lowest BCUT2D eigenvalue weighted by molar-refractivity contribution is 1.25. The number of fused-ring (bicyclic) bond motifs is 4. The van der Waals surface area contributed by atoms with Crippen LogP contribution in [0.15, 0.2) is 146 Å². The van der Waals surface area contributed by atoms with Gasteiger partial charge in [-0.3, -0.25) is 0 Å². The number of hydrogen-bond donors (Lipinski definition) is 0. The predicted molar refractivity (Wildman–Crippen MR) is 172 cm³/mol. The summed E-state index contributed by atoms with van der Waals surface area (Å²) in [6.45, 7) is 0. The van der Waals surface area contributed by atoms with Crippen molar-refractivity contribution in [1.29, 1.82) is 0 Å². The summed E-state index contributed by atoms with van der Waals surface area (Å²) in [5.74, 6) is 0. The fourth-order valence-electron chi connectivity index (χ4n) is 5.60. The van der Waals surface area contributed by atoms with Crippen LogP contribution in [0.3, 0.4) is 0 Å². The van der Waals surface area contributed by atoms with Gasteiger partial charge in [0.2, 0.25) is 0 Å². The Balaban J connectivity index is 1.51. The van der Waals surface area contributed by atoms with Gasteiger partial charge in [0, 0.05) is 32.7 Å². The van der Waals surface area contributed by atoms with Gasteiger partial charge in [-0.2, -0.15) is 0 Å². The molecule has 0 fully saturated rings. The largest absolute Gasteiger partial charge is 0.248 e.